The van der Waals surface area contributed by atoms with E-state index in [-0.39, 0.29) is 0 Å². The zero-order valence-electron chi connectivity index (χ0n) is 15.3. The average Bonchev–Trinajstić information content (AvgIpc) is 2.60. The predicted octanol–water partition coefficient (Wildman–Crippen LogP) is 6.04. The number of benzene rings is 1. The molecule has 0 N–H and O–H groups in total. The molecule has 0 spiro atoms. The Balaban J connectivity index is 4.34. The van der Waals surface area contributed by atoms with Crippen LogP contribution in [0.5, 0.6) is 0 Å². The number of hydrogen-bond donors (Lipinski definition) is 0. The molecule has 0 aliphatic carbocycles. The molecule has 0 aliphatic heterocycles. The lowest BCUT2D eigenvalue weighted by atomic mass is 10.3. The first-order valence-electron chi connectivity index (χ1n) is 7.50. The monoisotopic (exact) mass is 600 g/mol. The Bertz CT molecular complexity index is 880. The summed E-state index contributed by atoms with van der Waals surface area (Å²) in [5.41, 5.74) is 0. The van der Waals surface area contributed by atoms with E-state index >= 15 is 0 Å². The summed E-state index contributed by atoms with van der Waals surface area (Å²) in [5.74, 6) is -19.0. The van der Waals surface area contributed by atoms with Crippen LogP contribution in [-0.4, -0.2) is 45.7 Å². The molecule has 0 bridgehead atoms. The highest BCUT2D eigenvalue weighted by Gasteiger charge is 2.77. The van der Waals surface area contributed by atoms with Crippen molar-refractivity contribution in [3.8, 4) is 0 Å². The zero-order chi connectivity index (χ0) is 29.1. The van der Waals surface area contributed by atoms with Crippen molar-refractivity contribution >= 4 is 14.0 Å². The van der Waals surface area contributed by atoms with Crippen molar-refractivity contribution in [2.24, 2.45) is 0 Å². The van der Waals surface area contributed by atoms with Crippen LogP contribution in [0.3, 0.4) is 0 Å². The van der Waals surface area contributed by atoms with Crippen LogP contribution in [0.2, 0.25) is 0 Å². The molecule has 24 heteroatoms. The van der Waals surface area contributed by atoms with Gasteiger partial charge in [0, 0.05) is 0 Å². The van der Waals surface area contributed by atoms with Gasteiger partial charge in [0.25, 0.3) is 0 Å². The fourth-order valence-electron chi connectivity index (χ4n) is 1.77. The first kappa shape index (κ1) is 31.9. The number of rotatable bonds is 7. The van der Waals surface area contributed by atoms with Gasteiger partial charge < -0.3 is 13.3 Å². The summed E-state index contributed by atoms with van der Waals surface area (Å²) in [5, 5.41) is -4.13. The van der Waals surface area contributed by atoms with Crippen molar-refractivity contribution < 1.29 is 101 Å². The van der Waals surface area contributed by atoms with Gasteiger partial charge in [-0.15, -0.1) is 0 Å². The second-order valence-electron chi connectivity index (χ2n) is 5.85. The standard InChI is InChI=1S/C12F20O3Si/c13-1-2(14)4(16)6(5(17)3(1)15)36(33-10(27,28)7(18,19)20,34-11(29,30)8(21,22)23)35-12(31,32)9(24,25)26. The second kappa shape index (κ2) is 9.04. The lowest BCUT2D eigenvalue weighted by Gasteiger charge is -2.38. The van der Waals surface area contributed by atoms with Crippen molar-refractivity contribution in [3.05, 3.63) is 29.1 Å². The van der Waals surface area contributed by atoms with Gasteiger partial charge in [0.05, 0.1) is 0 Å². The molecular weight excluding hydrogens is 600 g/mol. The molecule has 0 radical (unpaired) electrons. The molecule has 36 heavy (non-hydrogen) atoms. The Hall–Kier alpha value is -2.08. The largest absolute Gasteiger partial charge is 0.557 e. The summed E-state index contributed by atoms with van der Waals surface area (Å²) in [4.78, 5) is 0. The van der Waals surface area contributed by atoms with Gasteiger partial charge in [-0.25, -0.2) is 22.0 Å². The molecule has 0 fully saturated rings. The molecule has 0 saturated heterocycles. The van der Waals surface area contributed by atoms with Crippen molar-refractivity contribution in [2.75, 3.05) is 0 Å². The van der Waals surface area contributed by atoms with E-state index in [2.05, 4.69) is 13.3 Å². The van der Waals surface area contributed by atoms with Crippen LogP contribution in [0.4, 0.5) is 87.8 Å². The molecule has 1 aromatic rings. The summed E-state index contributed by atoms with van der Waals surface area (Å²) in [6.45, 7) is 0. The van der Waals surface area contributed by atoms with Crippen LogP contribution in [0, 0.1) is 29.1 Å². The molecule has 0 unspecified atom stereocenters. The zero-order valence-corrected chi connectivity index (χ0v) is 16.3. The highest BCUT2D eigenvalue weighted by atomic mass is 28.4. The smallest absolute Gasteiger partial charge is 0.302 e. The topological polar surface area (TPSA) is 27.7 Å². The summed E-state index contributed by atoms with van der Waals surface area (Å²) in [6, 6.07) is 0. The van der Waals surface area contributed by atoms with E-state index in [0.29, 0.717) is 0 Å². The van der Waals surface area contributed by atoms with E-state index < -0.39 is 79.9 Å². The van der Waals surface area contributed by atoms with Gasteiger partial charge in [0.1, 0.15) is 5.19 Å². The third-order valence-electron chi connectivity index (χ3n) is 3.29. The fourth-order valence-corrected chi connectivity index (χ4v) is 4.32. The first-order valence-corrected chi connectivity index (χ1v) is 9.23. The van der Waals surface area contributed by atoms with Crippen LogP contribution in [0.15, 0.2) is 0 Å². The molecule has 210 valence electrons. The summed E-state index contributed by atoms with van der Waals surface area (Å²) in [6.07, 6.45) is -45.3. The van der Waals surface area contributed by atoms with Gasteiger partial charge in [-0.2, -0.15) is 65.9 Å². The van der Waals surface area contributed by atoms with Gasteiger partial charge in [-0.05, 0) is 0 Å². The van der Waals surface area contributed by atoms with E-state index in [4.69, 9.17) is 0 Å². The minimum atomic E-state index is -9.39. The molecule has 0 heterocycles. The number of halogens is 20. The van der Waals surface area contributed by atoms with Crippen LogP contribution in [0.1, 0.15) is 0 Å². The SMILES string of the molecule is Fc1c(F)c(F)c([Si](OC(F)(F)C(F)(F)F)(OC(F)(F)C(F)(F)F)OC(F)(F)C(F)(F)F)c(F)c1F. The Morgan fingerprint density at radius 1 is 0.361 bits per heavy atom. The Morgan fingerprint density at radius 2 is 0.556 bits per heavy atom. The molecular formula is C12F20O3Si. The average molecular weight is 600 g/mol. The normalized spacial score (nSPS) is 15.0. The molecule has 1 rings (SSSR count). The van der Waals surface area contributed by atoms with Crippen LogP contribution in [0.25, 0.3) is 0 Å². The third kappa shape index (κ3) is 5.74. The number of hydrogen-bond acceptors (Lipinski definition) is 3. The van der Waals surface area contributed by atoms with Crippen molar-refractivity contribution in [1.29, 1.82) is 0 Å². The maximum Gasteiger partial charge on any atom is 0.557 e. The molecule has 1 aromatic carbocycles. The fraction of sp³-hybridized carbons (Fsp3) is 0.500. The molecule has 3 nitrogen and oxygen atoms in total. The van der Waals surface area contributed by atoms with Crippen LogP contribution in [-0.2, 0) is 13.3 Å². The van der Waals surface area contributed by atoms with Crippen molar-refractivity contribution in [2.45, 2.75) is 36.9 Å². The quantitative estimate of drug-likeness (QED) is 0.165. The molecule has 0 atom stereocenters. The van der Waals surface area contributed by atoms with E-state index in [0.717, 1.165) is 0 Å². The molecule has 0 aliphatic rings. The Kier molecular flexibility index (Phi) is 8.02. The summed E-state index contributed by atoms with van der Waals surface area (Å²) in [7, 11) is -9.39. The summed E-state index contributed by atoms with van der Waals surface area (Å²) < 4.78 is 267. The van der Waals surface area contributed by atoms with E-state index in [1.165, 1.54) is 0 Å². The van der Waals surface area contributed by atoms with Crippen molar-refractivity contribution in [1.82, 2.24) is 0 Å². The van der Waals surface area contributed by atoms with Crippen LogP contribution < -0.4 is 5.19 Å². The van der Waals surface area contributed by atoms with E-state index in [9.17, 15) is 87.8 Å². The van der Waals surface area contributed by atoms with Gasteiger partial charge in [0.2, 0.25) is 5.82 Å². The molecule has 0 aromatic heterocycles. The van der Waals surface area contributed by atoms with E-state index in [1.807, 2.05) is 0 Å². The summed E-state index contributed by atoms with van der Waals surface area (Å²) >= 11 is 0. The number of alkyl halides is 15. The third-order valence-corrected chi connectivity index (χ3v) is 5.92. The highest BCUT2D eigenvalue weighted by molar-refractivity contribution is 6.75. The van der Waals surface area contributed by atoms with Gasteiger partial charge >= 0.3 is 45.7 Å². The predicted molar refractivity (Wildman–Crippen MR) is 67.9 cm³/mol. The van der Waals surface area contributed by atoms with Gasteiger partial charge in [0.15, 0.2) is 23.3 Å². The minimum absolute atomic E-state index is 2.09. The Labute approximate surface area is 182 Å². The lowest BCUT2D eigenvalue weighted by molar-refractivity contribution is -0.419. The Morgan fingerprint density at radius 3 is 0.750 bits per heavy atom. The first-order chi connectivity index (χ1) is 15.5. The molecule has 0 saturated carbocycles. The maximum absolute atomic E-state index is 14.0. The van der Waals surface area contributed by atoms with Gasteiger partial charge in [-0.3, -0.25) is 0 Å². The maximum atomic E-state index is 14.0. The lowest BCUT2D eigenvalue weighted by Crippen LogP contribution is -2.70. The highest BCUT2D eigenvalue weighted by Crippen LogP contribution is 2.47. The van der Waals surface area contributed by atoms with E-state index in [1.54, 1.807) is 0 Å². The molecule has 0 amide bonds. The second-order valence-corrected chi connectivity index (χ2v) is 8.08. The van der Waals surface area contributed by atoms with Crippen LogP contribution >= 0.6 is 0 Å². The minimum Gasteiger partial charge on any atom is -0.302 e. The van der Waals surface area contributed by atoms with Crippen molar-refractivity contribution in [3.63, 3.8) is 0 Å². The van der Waals surface area contributed by atoms with Gasteiger partial charge in [-0.1, -0.05) is 0 Å².